The molecule has 0 aliphatic carbocycles. The molecular weight excluding hydrogens is 430 g/mol. The molecule has 0 fully saturated rings. The van der Waals surface area contributed by atoms with Gasteiger partial charge in [0.2, 0.25) is 0 Å². The maximum Gasteiger partial charge on any atom is 0.256 e. The fraction of sp³-hybridized carbons (Fsp3) is 0.381. The molecule has 4 heterocycles. The van der Waals surface area contributed by atoms with Crippen molar-refractivity contribution < 1.29 is 13.2 Å². The van der Waals surface area contributed by atoms with Crippen molar-refractivity contribution in [1.29, 1.82) is 0 Å². The lowest BCUT2D eigenvalue weighted by Crippen LogP contribution is -2.19. The molecule has 10 nitrogen and oxygen atoms in total. The Kier molecular flexibility index (Phi) is 6.02. The minimum atomic E-state index is -3.59. The molecule has 0 spiro atoms. The summed E-state index contributed by atoms with van der Waals surface area (Å²) in [6.45, 7) is 6.34. The van der Waals surface area contributed by atoms with Gasteiger partial charge in [-0.1, -0.05) is 0 Å². The van der Waals surface area contributed by atoms with E-state index in [-0.39, 0.29) is 18.4 Å². The van der Waals surface area contributed by atoms with Gasteiger partial charge >= 0.3 is 0 Å². The van der Waals surface area contributed by atoms with Gasteiger partial charge in [-0.25, -0.2) is 23.4 Å². The monoisotopic (exact) mass is 455 g/mol. The van der Waals surface area contributed by atoms with Crippen LogP contribution in [0.25, 0.3) is 22.4 Å². The predicted molar refractivity (Wildman–Crippen MR) is 120 cm³/mol. The maximum atomic E-state index is 12.3. The number of rotatable bonds is 8. The first-order valence-corrected chi connectivity index (χ1v) is 11.8. The van der Waals surface area contributed by atoms with Crippen LogP contribution in [0.1, 0.15) is 37.1 Å². The van der Waals surface area contributed by atoms with Crippen molar-refractivity contribution in [2.45, 2.75) is 33.2 Å². The first-order chi connectivity index (χ1) is 15.3. The van der Waals surface area contributed by atoms with E-state index in [4.69, 9.17) is 4.74 Å². The molecule has 0 atom stereocenters. The highest BCUT2D eigenvalue weighted by molar-refractivity contribution is 7.89. The summed E-state index contributed by atoms with van der Waals surface area (Å²) in [5, 5.41) is 3.96. The highest BCUT2D eigenvalue weighted by Gasteiger charge is 2.17. The van der Waals surface area contributed by atoms with Crippen molar-refractivity contribution in [2.24, 2.45) is 0 Å². The number of nitrogens with zero attached hydrogens (tertiary/aromatic N) is 7. The molecule has 0 amide bonds. The summed E-state index contributed by atoms with van der Waals surface area (Å²) >= 11 is 0. The van der Waals surface area contributed by atoms with Gasteiger partial charge in [-0.05, 0) is 32.9 Å². The Bertz CT molecular complexity index is 1360. The molecule has 0 saturated carbocycles. The molecule has 0 radical (unpaired) electrons. The van der Waals surface area contributed by atoms with E-state index in [0.717, 1.165) is 32.3 Å². The van der Waals surface area contributed by atoms with Gasteiger partial charge in [0.15, 0.2) is 5.82 Å². The first kappa shape index (κ1) is 22.0. The van der Waals surface area contributed by atoms with Crippen molar-refractivity contribution in [1.82, 2.24) is 33.7 Å². The fourth-order valence-electron chi connectivity index (χ4n) is 3.58. The van der Waals surface area contributed by atoms with Gasteiger partial charge in [-0.3, -0.25) is 4.98 Å². The van der Waals surface area contributed by atoms with Crippen LogP contribution in [-0.4, -0.2) is 61.6 Å². The third-order valence-electron chi connectivity index (χ3n) is 5.05. The lowest BCUT2D eigenvalue weighted by atomic mass is 10.2. The molecular formula is C21H25N7O3S. The van der Waals surface area contributed by atoms with Crippen LogP contribution in [0.5, 0.6) is 0 Å². The average Bonchev–Trinajstić information content (AvgIpc) is 3.37. The van der Waals surface area contributed by atoms with Gasteiger partial charge in [0.05, 0.1) is 47.7 Å². The lowest BCUT2D eigenvalue weighted by Gasteiger charge is -2.11. The fourth-order valence-corrected chi connectivity index (χ4v) is 4.61. The third-order valence-corrected chi connectivity index (χ3v) is 6.50. The van der Waals surface area contributed by atoms with Crippen LogP contribution in [0.3, 0.4) is 0 Å². The molecule has 0 aliphatic heterocycles. The Morgan fingerprint density at radius 2 is 1.94 bits per heavy atom. The number of ether oxygens (including phenoxy) is 1. The molecule has 0 aliphatic rings. The first-order valence-electron chi connectivity index (χ1n) is 10.2. The quantitative estimate of drug-likeness (QED) is 0.397. The SMILES string of the molecule is COCCS(=O)(=O)n1cc(-c2nccc(Cc3cc4c(cn3)nc(C)n4C(C)C)n2)cn1. The number of fused-ring (bicyclic) bond motifs is 1. The largest absolute Gasteiger partial charge is 0.384 e. The van der Waals surface area contributed by atoms with Crippen LogP contribution < -0.4 is 0 Å². The summed E-state index contributed by atoms with van der Waals surface area (Å²) in [4.78, 5) is 18.0. The summed E-state index contributed by atoms with van der Waals surface area (Å²) in [5.41, 5.74) is 4.06. The van der Waals surface area contributed by atoms with E-state index in [1.807, 2.05) is 19.1 Å². The zero-order valence-corrected chi connectivity index (χ0v) is 19.2. The van der Waals surface area contributed by atoms with Crippen molar-refractivity contribution in [3.05, 3.63) is 54.1 Å². The minimum absolute atomic E-state index is 0.0933. The molecule has 32 heavy (non-hydrogen) atoms. The van der Waals surface area contributed by atoms with Gasteiger partial charge < -0.3 is 9.30 Å². The van der Waals surface area contributed by atoms with Crippen molar-refractivity contribution in [3.63, 3.8) is 0 Å². The van der Waals surface area contributed by atoms with Gasteiger partial charge in [0.25, 0.3) is 10.0 Å². The standard InChI is InChI=1S/C21H25N7O3S/c1-14(2)28-15(3)25-19-12-23-18(10-20(19)28)9-17-5-6-22-21(26-17)16-11-24-27(13-16)32(29,30)8-7-31-4/h5-6,10-14H,7-9H2,1-4H3. The number of imidazole rings is 1. The minimum Gasteiger partial charge on any atom is -0.384 e. The molecule has 4 rings (SSSR count). The second-order valence-electron chi connectivity index (χ2n) is 7.75. The van der Waals surface area contributed by atoms with Gasteiger partial charge in [0.1, 0.15) is 11.3 Å². The van der Waals surface area contributed by atoms with Gasteiger partial charge in [0, 0.05) is 31.5 Å². The van der Waals surface area contributed by atoms with E-state index in [2.05, 4.69) is 43.4 Å². The molecule has 11 heteroatoms. The summed E-state index contributed by atoms with van der Waals surface area (Å²) in [7, 11) is -2.14. The Hall–Kier alpha value is -3.18. The number of methoxy groups -OCH3 is 1. The average molecular weight is 456 g/mol. The molecule has 0 saturated heterocycles. The molecule has 4 aromatic heterocycles. The molecule has 0 N–H and O–H groups in total. The Labute approximate surface area is 186 Å². The predicted octanol–water partition coefficient (Wildman–Crippen LogP) is 2.39. The molecule has 168 valence electrons. The summed E-state index contributed by atoms with van der Waals surface area (Å²) in [6, 6.07) is 4.15. The number of hydrogen-bond donors (Lipinski definition) is 0. The van der Waals surface area contributed by atoms with E-state index in [1.165, 1.54) is 19.5 Å². The summed E-state index contributed by atoms with van der Waals surface area (Å²) < 4.78 is 32.6. The van der Waals surface area contributed by atoms with Crippen LogP contribution in [-0.2, 0) is 21.2 Å². The van der Waals surface area contributed by atoms with Crippen LogP contribution in [0.15, 0.2) is 36.9 Å². The molecule has 0 bridgehead atoms. The van der Waals surface area contributed by atoms with E-state index in [0.29, 0.717) is 17.8 Å². The van der Waals surface area contributed by atoms with Crippen molar-refractivity contribution in [3.8, 4) is 11.4 Å². The highest BCUT2D eigenvalue weighted by Crippen LogP contribution is 2.22. The maximum absolute atomic E-state index is 12.3. The Morgan fingerprint density at radius 1 is 1.12 bits per heavy atom. The smallest absolute Gasteiger partial charge is 0.256 e. The van der Waals surface area contributed by atoms with Gasteiger partial charge in [-0.2, -0.15) is 9.19 Å². The zero-order valence-electron chi connectivity index (χ0n) is 18.4. The Morgan fingerprint density at radius 3 is 2.69 bits per heavy atom. The van der Waals surface area contributed by atoms with E-state index >= 15 is 0 Å². The summed E-state index contributed by atoms with van der Waals surface area (Å²) in [6.07, 6.45) is 6.80. The van der Waals surface area contributed by atoms with Crippen LogP contribution in [0.4, 0.5) is 0 Å². The molecule has 0 aromatic carbocycles. The zero-order chi connectivity index (χ0) is 22.9. The second kappa shape index (κ2) is 8.75. The topological polar surface area (TPSA) is 118 Å². The third kappa shape index (κ3) is 4.39. The number of hydrogen-bond acceptors (Lipinski definition) is 8. The van der Waals surface area contributed by atoms with E-state index in [1.54, 1.807) is 12.4 Å². The Balaban J connectivity index is 1.60. The van der Waals surface area contributed by atoms with E-state index < -0.39 is 10.0 Å². The highest BCUT2D eigenvalue weighted by atomic mass is 32.2. The number of pyridine rings is 1. The number of aromatic nitrogens is 7. The van der Waals surface area contributed by atoms with Crippen LogP contribution >= 0.6 is 0 Å². The van der Waals surface area contributed by atoms with Crippen LogP contribution in [0, 0.1) is 6.92 Å². The summed E-state index contributed by atoms with van der Waals surface area (Å²) in [5.74, 6) is 1.20. The van der Waals surface area contributed by atoms with Gasteiger partial charge in [-0.15, -0.1) is 0 Å². The lowest BCUT2D eigenvalue weighted by molar-refractivity contribution is 0.217. The normalized spacial score (nSPS) is 12.2. The van der Waals surface area contributed by atoms with Crippen molar-refractivity contribution >= 4 is 21.1 Å². The van der Waals surface area contributed by atoms with Crippen molar-refractivity contribution in [2.75, 3.05) is 19.5 Å². The van der Waals surface area contributed by atoms with Crippen LogP contribution in [0.2, 0.25) is 0 Å². The van der Waals surface area contributed by atoms with E-state index in [9.17, 15) is 8.42 Å². The second-order valence-corrected chi connectivity index (χ2v) is 9.69. The molecule has 0 unspecified atom stereocenters. The molecule has 4 aromatic rings. The number of aryl methyl sites for hydroxylation is 1.